The van der Waals surface area contributed by atoms with Gasteiger partial charge in [-0.25, -0.2) is 9.59 Å². The number of hydrogen-bond donors (Lipinski definition) is 0. The first-order valence-electron chi connectivity index (χ1n) is 7.96. The molecule has 0 radical (unpaired) electrons. The highest BCUT2D eigenvalue weighted by Crippen LogP contribution is 2.37. The Kier molecular flexibility index (Phi) is 5.85. The third-order valence-electron chi connectivity index (χ3n) is 3.73. The maximum absolute atomic E-state index is 12.2. The van der Waals surface area contributed by atoms with Crippen molar-refractivity contribution in [1.29, 1.82) is 0 Å². The molecule has 1 aliphatic rings. The quantitative estimate of drug-likeness (QED) is 0.765. The molecule has 0 spiro atoms. The number of methoxy groups -OCH3 is 2. The van der Waals surface area contributed by atoms with Crippen LogP contribution < -0.4 is 4.74 Å². The lowest BCUT2D eigenvalue weighted by molar-refractivity contribution is -0.137. The van der Waals surface area contributed by atoms with Crippen LogP contribution in [0.3, 0.4) is 0 Å². The number of hydrogen-bond acceptors (Lipinski definition) is 6. The molecule has 0 amide bonds. The molecule has 0 aliphatic carbocycles. The van der Waals surface area contributed by atoms with Gasteiger partial charge in [-0.05, 0) is 31.5 Å². The van der Waals surface area contributed by atoms with E-state index in [0.717, 1.165) is 11.3 Å². The molecule has 0 saturated carbocycles. The lowest BCUT2D eigenvalue weighted by Gasteiger charge is -2.28. The molecule has 25 heavy (non-hydrogen) atoms. The Morgan fingerprint density at radius 1 is 0.960 bits per heavy atom. The third-order valence-corrected chi connectivity index (χ3v) is 3.73. The van der Waals surface area contributed by atoms with E-state index in [1.807, 2.05) is 38.1 Å². The zero-order valence-corrected chi connectivity index (χ0v) is 15.1. The first kappa shape index (κ1) is 18.6. The predicted molar refractivity (Wildman–Crippen MR) is 92.9 cm³/mol. The Morgan fingerprint density at radius 3 is 1.84 bits per heavy atom. The van der Waals surface area contributed by atoms with E-state index in [4.69, 9.17) is 14.2 Å². The summed E-state index contributed by atoms with van der Waals surface area (Å²) in [6, 6.07) is 7.30. The molecule has 6 heteroatoms. The number of benzene rings is 1. The second-order valence-corrected chi connectivity index (χ2v) is 5.99. The molecule has 134 valence electrons. The molecule has 0 unspecified atom stereocenters. The van der Waals surface area contributed by atoms with Gasteiger partial charge < -0.3 is 19.1 Å². The minimum atomic E-state index is -0.566. The van der Waals surface area contributed by atoms with Crippen molar-refractivity contribution < 1.29 is 23.8 Å². The van der Waals surface area contributed by atoms with Gasteiger partial charge in [-0.2, -0.15) is 0 Å². The lowest BCUT2D eigenvalue weighted by Crippen LogP contribution is -2.27. The topological polar surface area (TPSA) is 65.1 Å². The molecule has 0 N–H and O–H groups in total. The lowest BCUT2D eigenvalue weighted by atomic mass is 9.83. The maximum atomic E-state index is 12.2. The van der Waals surface area contributed by atoms with Crippen LogP contribution in [0.2, 0.25) is 0 Å². The summed E-state index contributed by atoms with van der Waals surface area (Å²) in [6.07, 6.45) is 3.37. The van der Waals surface area contributed by atoms with E-state index < -0.39 is 17.9 Å². The van der Waals surface area contributed by atoms with Gasteiger partial charge in [0.05, 0.1) is 37.4 Å². The van der Waals surface area contributed by atoms with Crippen LogP contribution in [0.25, 0.3) is 0 Å². The standard InChI is InChI=1S/C19H23NO5/c1-12(2)25-14-8-6-13(7-9-14)17-15(18(21)23-4)10-20(3)11-16(17)19(22)24-5/h6-12,17H,1-5H3. The highest BCUT2D eigenvalue weighted by molar-refractivity contribution is 5.98. The third kappa shape index (κ3) is 4.21. The van der Waals surface area contributed by atoms with E-state index in [1.54, 1.807) is 24.3 Å². The Hall–Kier alpha value is -2.76. The van der Waals surface area contributed by atoms with Crippen molar-refractivity contribution in [2.75, 3.05) is 21.3 Å². The van der Waals surface area contributed by atoms with Crippen LogP contribution in [-0.2, 0) is 19.1 Å². The van der Waals surface area contributed by atoms with E-state index >= 15 is 0 Å². The fourth-order valence-electron chi connectivity index (χ4n) is 2.74. The fourth-order valence-corrected chi connectivity index (χ4v) is 2.74. The number of esters is 2. The molecular formula is C19H23NO5. The van der Waals surface area contributed by atoms with Crippen LogP contribution in [0.1, 0.15) is 25.3 Å². The van der Waals surface area contributed by atoms with Crippen LogP contribution >= 0.6 is 0 Å². The molecule has 1 aromatic rings. The van der Waals surface area contributed by atoms with Crippen molar-refractivity contribution in [2.45, 2.75) is 25.9 Å². The van der Waals surface area contributed by atoms with Crippen molar-refractivity contribution in [2.24, 2.45) is 0 Å². The molecule has 0 atom stereocenters. The zero-order valence-electron chi connectivity index (χ0n) is 15.1. The second kappa shape index (κ2) is 7.88. The highest BCUT2D eigenvalue weighted by Gasteiger charge is 2.34. The number of carbonyl (C=O) groups excluding carboxylic acids is 2. The van der Waals surface area contributed by atoms with Gasteiger partial charge in [-0.15, -0.1) is 0 Å². The van der Waals surface area contributed by atoms with Crippen LogP contribution in [0.5, 0.6) is 5.75 Å². The monoisotopic (exact) mass is 345 g/mol. The van der Waals surface area contributed by atoms with Crippen LogP contribution in [-0.4, -0.2) is 44.2 Å². The molecule has 1 aromatic carbocycles. The summed E-state index contributed by atoms with van der Waals surface area (Å²) in [5, 5.41) is 0. The molecule has 0 aromatic heterocycles. The van der Waals surface area contributed by atoms with Crippen LogP contribution in [0, 0.1) is 0 Å². The van der Waals surface area contributed by atoms with E-state index in [-0.39, 0.29) is 6.10 Å². The Bertz CT molecular complexity index is 669. The Labute approximate surface area is 147 Å². The van der Waals surface area contributed by atoms with Gasteiger partial charge in [-0.3, -0.25) is 0 Å². The molecular weight excluding hydrogens is 322 g/mol. The number of carbonyl (C=O) groups is 2. The number of rotatable bonds is 5. The van der Waals surface area contributed by atoms with Crippen molar-refractivity contribution in [3.8, 4) is 5.75 Å². The molecule has 1 heterocycles. The Balaban J connectivity index is 2.46. The highest BCUT2D eigenvalue weighted by atomic mass is 16.5. The van der Waals surface area contributed by atoms with Gasteiger partial charge in [0.1, 0.15) is 5.75 Å². The normalized spacial score (nSPS) is 14.7. The number of ether oxygens (including phenoxy) is 3. The second-order valence-electron chi connectivity index (χ2n) is 5.99. The molecule has 2 rings (SSSR count). The first-order chi connectivity index (χ1) is 11.9. The van der Waals surface area contributed by atoms with Gasteiger partial charge in [0, 0.05) is 19.4 Å². The van der Waals surface area contributed by atoms with Crippen LogP contribution in [0.15, 0.2) is 47.8 Å². The maximum Gasteiger partial charge on any atom is 0.336 e. The average molecular weight is 345 g/mol. The van der Waals surface area contributed by atoms with Crippen molar-refractivity contribution in [1.82, 2.24) is 4.90 Å². The minimum absolute atomic E-state index is 0.0604. The van der Waals surface area contributed by atoms with E-state index in [9.17, 15) is 9.59 Å². The summed E-state index contributed by atoms with van der Waals surface area (Å²) in [5.74, 6) is -0.828. The van der Waals surface area contributed by atoms with Crippen LogP contribution in [0.4, 0.5) is 0 Å². The molecule has 0 fully saturated rings. The largest absolute Gasteiger partial charge is 0.491 e. The smallest absolute Gasteiger partial charge is 0.336 e. The molecule has 1 aliphatic heterocycles. The minimum Gasteiger partial charge on any atom is -0.491 e. The van der Waals surface area contributed by atoms with Crippen molar-refractivity contribution in [3.05, 3.63) is 53.4 Å². The molecule has 0 saturated heterocycles. The van der Waals surface area contributed by atoms with Crippen molar-refractivity contribution in [3.63, 3.8) is 0 Å². The summed E-state index contributed by atoms with van der Waals surface area (Å²) in [5.41, 5.74) is 1.51. The summed E-state index contributed by atoms with van der Waals surface area (Å²) in [6.45, 7) is 3.89. The first-order valence-corrected chi connectivity index (χ1v) is 7.96. The van der Waals surface area contributed by atoms with Gasteiger partial charge in [0.15, 0.2) is 0 Å². The molecule has 6 nitrogen and oxygen atoms in total. The van der Waals surface area contributed by atoms with Gasteiger partial charge in [0.25, 0.3) is 0 Å². The SMILES string of the molecule is COC(=O)C1=CN(C)C=C(C(=O)OC)C1c1ccc(OC(C)C)cc1. The van der Waals surface area contributed by atoms with Gasteiger partial charge in [0.2, 0.25) is 0 Å². The van der Waals surface area contributed by atoms with Gasteiger partial charge >= 0.3 is 11.9 Å². The number of nitrogens with zero attached hydrogens (tertiary/aromatic N) is 1. The van der Waals surface area contributed by atoms with Crippen molar-refractivity contribution >= 4 is 11.9 Å². The van der Waals surface area contributed by atoms with Gasteiger partial charge in [-0.1, -0.05) is 12.1 Å². The molecule has 0 bridgehead atoms. The van der Waals surface area contributed by atoms with E-state index in [2.05, 4.69) is 0 Å². The van der Waals surface area contributed by atoms with E-state index in [1.165, 1.54) is 14.2 Å². The van der Waals surface area contributed by atoms with E-state index in [0.29, 0.717) is 11.1 Å². The zero-order chi connectivity index (χ0) is 18.6. The average Bonchev–Trinajstić information content (AvgIpc) is 2.60. The predicted octanol–water partition coefficient (Wildman–Crippen LogP) is 2.62. The fraction of sp³-hybridized carbons (Fsp3) is 0.368. The summed E-state index contributed by atoms with van der Waals surface area (Å²) in [4.78, 5) is 26.1. The summed E-state index contributed by atoms with van der Waals surface area (Å²) in [7, 11) is 4.37. The Morgan fingerprint density at radius 2 is 1.44 bits per heavy atom. The summed E-state index contributed by atoms with van der Waals surface area (Å²) < 4.78 is 15.4. The summed E-state index contributed by atoms with van der Waals surface area (Å²) >= 11 is 0.